The molecule has 1 aliphatic rings. The lowest BCUT2D eigenvalue weighted by molar-refractivity contribution is -0.345. The third-order valence-corrected chi connectivity index (χ3v) is 17.1. The predicted molar refractivity (Wildman–Crippen MR) is 344 cm³/mol. The minimum absolute atomic E-state index is 0.925. The molecule has 0 fully saturated rings. The lowest BCUT2D eigenvalue weighted by Crippen LogP contribution is -2.05. The molecule has 0 saturated heterocycles. The van der Waals surface area contributed by atoms with Crippen LogP contribution < -0.4 is 0 Å². The van der Waals surface area contributed by atoms with Crippen molar-refractivity contribution in [3.8, 4) is 11.8 Å². The molecule has 0 saturated carbocycles. The standard InChI is InChI=1S/C75H126N2/c1-7-13-19-24-27-28-29-30-31-32-33-34-35-36-37-38-39-40-41-42-43-44-45-48-53-59-73-72(58-18-12-6)74(70-64-68(56-51-46-25-20-14-8-2)61-69(65-70)57-52-47-26-21-15-9-3)77(76)75(73)71-62-66(54-49-22-16-10-4)60-67(63-71)55-50-23-17-11-5/h60-65H,7-52,54-58H2,1-6H3. The molecular formula is C75H126N2. The normalized spacial score (nSPS) is 12.7. The van der Waals surface area contributed by atoms with Gasteiger partial charge in [0.25, 0.3) is 0 Å². The molecule has 2 nitrogen and oxygen atoms in total. The molecule has 0 spiro atoms. The summed E-state index contributed by atoms with van der Waals surface area (Å²) in [5.74, 6) is 7.62. The zero-order valence-electron chi connectivity index (χ0n) is 52.4. The number of rotatable bonds is 52. The average molecular weight is 1060 g/mol. The van der Waals surface area contributed by atoms with Crippen molar-refractivity contribution in [3.63, 3.8) is 0 Å². The van der Waals surface area contributed by atoms with E-state index in [2.05, 4.69) is 89.8 Å². The molecule has 436 valence electrons. The first-order valence-electron chi connectivity index (χ1n) is 34.7. The van der Waals surface area contributed by atoms with Gasteiger partial charge in [-0.1, -0.05) is 316 Å². The molecule has 0 bridgehead atoms. The molecule has 0 aromatic heterocycles. The number of allylic oxidation sites excluding steroid dienone is 2. The van der Waals surface area contributed by atoms with Crippen LogP contribution >= 0.6 is 0 Å². The second kappa shape index (κ2) is 47.8. The van der Waals surface area contributed by atoms with E-state index in [0.29, 0.717) is 0 Å². The Labute approximate surface area is 481 Å². The SMILES string of the molecule is CCCCCCCCCCCCCCCCCCCCCCCCCC#CC1=C(c2cc(CCCCCC)cc(CCCCCC)c2)[N+](=[N-])C(c2cc(CCCCCCCC)cc(CCCCCCCC)c2)=C1CCCC. The fourth-order valence-corrected chi connectivity index (χ4v) is 12.2. The number of hydrogen-bond donors (Lipinski definition) is 0. The quantitative estimate of drug-likeness (QED) is 0.0358. The first-order valence-corrected chi connectivity index (χ1v) is 34.7. The average Bonchev–Trinajstić information content (AvgIpc) is 3.77. The Kier molecular flexibility index (Phi) is 42.5. The van der Waals surface area contributed by atoms with Gasteiger partial charge in [0.2, 0.25) is 11.4 Å². The molecule has 1 aliphatic heterocycles. The van der Waals surface area contributed by atoms with E-state index in [1.165, 1.54) is 303 Å². The van der Waals surface area contributed by atoms with Crippen LogP contribution in [0.5, 0.6) is 0 Å². The van der Waals surface area contributed by atoms with Gasteiger partial charge in [0.1, 0.15) is 5.57 Å². The molecule has 3 rings (SSSR count). The van der Waals surface area contributed by atoms with Crippen LogP contribution in [0.2, 0.25) is 0 Å². The van der Waals surface area contributed by atoms with E-state index >= 15 is 0 Å². The Morgan fingerprint density at radius 2 is 0.545 bits per heavy atom. The van der Waals surface area contributed by atoms with Gasteiger partial charge in [-0.2, -0.15) is 0 Å². The van der Waals surface area contributed by atoms with Gasteiger partial charge >= 0.3 is 0 Å². The molecule has 2 aromatic rings. The summed E-state index contributed by atoms with van der Waals surface area (Å²) >= 11 is 0. The fourth-order valence-electron chi connectivity index (χ4n) is 12.2. The summed E-state index contributed by atoms with van der Waals surface area (Å²) in [6, 6.07) is 14.8. The molecule has 1 heterocycles. The van der Waals surface area contributed by atoms with Gasteiger partial charge in [-0.15, -0.1) is 0 Å². The van der Waals surface area contributed by atoms with Crippen molar-refractivity contribution in [2.45, 2.75) is 369 Å². The Bertz CT molecular complexity index is 1830. The summed E-state index contributed by atoms with van der Waals surface area (Å²) in [6.07, 6.45) is 66.9. The van der Waals surface area contributed by atoms with E-state index in [1.807, 2.05) is 0 Å². The predicted octanol–water partition coefficient (Wildman–Crippen LogP) is 25.5. The van der Waals surface area contributed by atoms with Gasteiger partial charge in [-0.25, -0.2) is 4.70 Å². The zero-order valence-corrected chi connectivity index (χ0v) is 52.4. The number of aryl methyl sites for hydroxylation is 4. The van der Waals surface area contributed by atoms with Gasteiger partial charge in [0.15, 0.2) is 0 Å². The lowest BCUT2D eigenvalue weighted by Gasteiger charge is -2.15. The van der Waals surface area contributed by atoms with Crippen molar-refractivity contribution in [2.75, 3.05) is 0 Å². The summed E-state index contributed by atoms with van der Waals surface area (Å²) in [6.45, 7) is 13.9. The Morgan fingerprint density at radius 3 is 0.857 bits per heavy atom. The molecule has 0 radical (unpaired) electrons. The van der Waals surface area contributed by atoms with Gasteiger partial charge in [0.05, 0.1) is 0 Å². The topological polar surface area (TPSA) is 25.3 Å². The van der Waals surface area contributed by atoms with E-state index < -0.39 is 0 Å². The molecule has 0 unspecified atom stereocenters. The maximum Gasteiger partial charge on any atom is 0.223 e. The van der Waals surface area contributed by atoms with E-state index in [1.54, 1.807) is 4.70 Å². The van der Waals surface area contributed by atoms with Crippen molar-refractivity contribution in [2.24, 2.45) is 0 Å². The Morgan fingerprint density at radius 1 is 0.286 bits per heavy atom. The maximum atomic E-state index is 13.0. The Hall–Kier alpha value is -2.92. The first-order chi connectivity index (χ1) is 38.0. The largest absolute Gasteiger partial charge is 0.493 e. The van der Waals surface area contributed by atoms with Crippen LogP contribution in [0, 0.1) is 11.8 Å². The van der Waals surface area contributed by atoms with Crippen molar-refractivity contribution in [3.05, 3.63) is 86.5 Å². The highest BCUT2D eigenvalue weighted by Crippen LogP contribution is 2.43. The molecule has 0 amide bonds. The lowest BCUT2D eigenvalue weighted by atomic mass is 9.92. The highest BCUT2D eigenvalue weighted by Gasteiger charge is 2.36. The minimum atomic E-state index is 0.925. The zero-order chi connectivity index (χ0) is 55.1. The molecular weight excluding hydrogens is 929 g/mol. The third-order valence-electron chi connectivity index (χ3n) is 17.1. The number of hydrogen-bond acceptors (Lipinski definition) is 0. The van der Waals surface area contributed by atoms with Crippen molar-refractivity contribution in [1.82, 2.24) is 0 Å². The van der Waals surface area contributed by atoms with E-state index in [-0.39, 0.29) is 0 Å². The van der Waals surface area contributed by atoms with Crippen LogP contribution in [0.1, 0.15) is 377 Å². The number of nitrogens with zero attached hydrogens (tertiary/aromatic N) is 2. The van der Waals surface area contributed by atoms with Crippen molar-refractivity contribution in [1.29, 1.82) is 0 Å². The second-order valence-electron chi connectivity index (χ2n) is 24.5. The molecule has 2 aromatic carbocycles. The van der Waals surface area contributed by atoms with Crippen LogP contribution in [0.25, 0.3) is 16.9 Å². The fraction of sp³-hybridized carbons (Fsp3) is 0.760. The van der Waals surface area contributed by atoms with Gasteiger partial charge in [-0.3, -0.25) is 0 Å². The molecule has 0 aliphatic carbocycles. The number of benzene rings is 2. The summed E-state index contributed by atoms with van der Waals surface area (Å²) in [4.78, 5) is 0. The van der Waals surface area contributed by atoms with Gasteiger partial charge in [0, 0.05) is 23.1 Å². The maximum absolute atomic E-state index is 13.0. The Balaban J connectivity index is 1.75. The van der Waals surface area contributed by atoms with Crippen LogP contribution in [-0.4, -0.2) is 4.70 Å². The van der Waals surface area contributed by atoms with Crippen LogP contribution in [-0.2, 0) is 25.7 Å². The minimum Gasteiger partial charge on any atom is -0.493 e. The summed E-state index contributed by atoms with van der Waals surface area (Å²) in [7, 11) is 0. The highest BCUT2D eigenvalue weighted by atomic mass is 15.2. The van der Waals surface area contributed by atoms with Crippen molar-refractivity contribution >= 4 is 11.4 Å². The smallest absolute Gasteiger partial charge is 0.223 e. The van der Waals surface area contributed by atoms with Gasteiger partial charge < -0.3 is 5.53 Å². The molecule has 0 atom stereocenters. The van der Waals surface area contributed by atoms with E-state index in [0.717, 1.165) is 80.3 Å². The van der Waals surface area contributed by atoms with Crippen LogP contribution in [0.15, 0.2) is 47.5 Å². The van der Waals surface area contributed by atoms with Crippen LogP contribution in [0.3, 0.4) is 0 Å². The number of unbranched alkanes of at least 4 members (excludes halogenated alkanes) is 40. The van der Waals surface area contributed by atoms with E-state index in [4.69, 9.17) is 0 Å². The summed E-state index contributed by atoms with van der Waals surface area (Å²) in [5, 5.41) is 0. The van der Waals surface area contributed by atoms with Crippen LogP contribution in [0.4, 0.5) is 0 Å². The summed E-state index contributed by atoms with van der Waals surface area (Å²) in [5.41, 5.74) is 25.4. The second-order valence-corrected chi connectivity index (χ2v) is 24.5. The molecule has 77 heavy (non-hydrogen) atoms. The first kappa shape index (κ1) is 68.4. The monoisotopic (exact) mass is 1050 g/mol. The van der Waals surface area contributed by atoms with Crippen molar-refractivity contribution < 1.29 is 4.70 Å². The van der Waals surface area contributed by atoms with Gasteiger partial charge in [-0.05, 0) is 117 Å². The molecule has 0 N–H and O–H groups in total. The summed E-state index contributed by atoms with van der Waals surface area (Å²) < 4.78 is 1.64. The highest BCUT2D eigenvalue weighted by molar-refractivity contribution is 5.86. The third kappa shape index (κ3) is 31.6. The molecule has 2 heteroatoms. The van der Waals surface area contributed by atoms with E-state index in [9.17, 15) is 5.53 Å².